The largest absolute Gasteiger partial charge is 0.494 e. The van der Waals surface area contributed by atoms with Crippen LogP contribution in [0.1, 0.15) is 39.9 Å². The van der Waals surface area contributed by atoms with Crippen molar-refractivity contribution >= 4 is 5.91 Å². The lowest BCUT2D eigenvalue weighted by molar-refractivity contribution is 0.0918. The molecule has 0 saturated carbocycles. The van der Waals surface area contributed by atoms with E-state index in [4.69, 9.17) is 9.15 Å². The van der Waals surface area contributed by atoms with E-state index in [-0.39, 0.29) is 17.5 Å². The van der Waals surface area contributed by atoms with Gasteiger partial charge in [0.05, 0.1) is 13.2 Å². The molecule has 1 heterocycles. The Hall–Kier alpha value is -3.90. The summed E-state index contributed by atoms with van der Waals surface area (Å²) in [4.78, 5) is 14.7. The van der Waals surface area contributed by atoms with Crippen molar-refractivity contribution in [2.24, 2.45) is 0 Å². The molecule has 0 unspecified atom stereocenters. The fraction of sp³-hybridized carbons (Fsp3) is 0.207. The van der Waals surface area contributed by atoms with Crippen molar-refractivity contribution < 1.29 is 18.3 Å². The van der Waals surface area contributed by atoms with Crippen molar-refractivity contribution in [1.82, 2.24) is 10.2 Å². The van der Waals surface area contributed by atoms with Gasteiger partial charge in [-0.3, -0.25) is 9.69 Å². The average Bonchev–Trinajstić information content (AvgIpc) is 3.33. The first-order valence-electron chi connectivity index (χ1n) is 11.7. The third-order valence-electron chi connectivity index (χ3n) is 5.50. The maximum absolute atomic E-state index is 13.8. The molecule has 5 nitrogen and oxygen atoms in total. The molecule has 0 bridgehead atoms. The molecule has 35 heavy (non-hydrogen) atoms. The van der Waals surface area contributed by atoms with Crippen LogP contribution in [0, 0.1) is 5.82 Å². The third kappa shape index (κ3) is 7.29. The molecule has 4 aromatic rings. The maximum atomic E-state index is 13.8. The Morgan fingerprint density at radius 1 is 0.857 bits per heavy atom. The number of nitrogens with zero attached hydrogens (tertiary/aromatic N) is 1. The van der Waals surface area contributed by atoms with E-state index >= 15 is 0 Å². The SMILES string of the molecule is CCOc1ccc(CN(Cc2cccc(F)c2)Cc2ccc(C(=O)NCc3ccccc3)o2)cc1. The van der Waals surface area contributed by atoms with Gasteiger partial charge in [-0.1, -0.05) is 54.6 Å². The Labute approximate surface area is 205 Å². The molecule has 0 fully saturated rings. The Morgan fingerprint density at radius 3 is 2.34 bits per heavy atom. The zero-order valence-electron chi connectivity index (χ0n) is 19.7. The standard InChI is InChI=1S/C29H29FN2O3/c1-2-34-26-13-11-23(12-14-26)19-32(20-24-9-6-10-25(30)17-24)21-27-15-16-28(35-27)29(33)31-18-22-7-4-3-5-8-22/h3-17H,2,18-21H2,1H3,(H,31,33). The van der Waals surface area contributed by atoms with Gasteiger partial charge in [0.1, 0.15) is 17.3 Å². The lowest BCUT2D eigenvalue weighted by atomic mass is 10.1. The van der Waals surface area contributed by atoms with E-state index in [0.717, 1.165) is 22.4 Å². The fourth-order valence-corrected chi connectivity index (χ4v) is 3.85. The van der Waals surface area contributed by atoms with Gasteiger partial charge in [-0.25, -0.2) is 4.39 Å². The normalized spacial score (nSPS) is 10.9. The van der Waals surface area contributed by atoms with Gasteiger partial charge in [-0.05, 0) is 60.0 Å². The van der Waals surface area contributed by atoms with E-state index in [1.807, 2.05) is 73.7 Å². The maximum Gasteiger partial charge on any atom is 0.287 e. The molecule has 1 aromatic heterocycles. The number of ether oxygens (including phenoxy) is 1. The van der Waals surface area contributed by atoms with Crippen molar-refractivity contribution in [1.29, 1.82) is 0 Å². The molecule has 1 N–H and O–H groups in total. The van der Waals surface area contributed by atoms with Crippen LogP contribution < -0.4 is 10.1 Å². The smallest absolute Gasteiger partial charge is 0.287 e. The van der Waals surface area contributed by atoms with Gasteiger partial charge in [0, 0.05) is 19.6 Å². The number of carbonyl (C=O) groups is 1. The van der Waals surface area contributed by atoms with Crippen LogP contribution in [0.2, 0.25) is 0 Å². The molecule has 0 spiro atoms. The highest BCUT2D eigenvalue weighted by atomic mass is 19.1. The van der Waals surface area contributed by atoms with Crippen molar-refractivity contribution in [2.45, 2.75) is 33.1 Å². The van der Waals surface area contributed by atoms with Gasteiger partial charge in [0.15, 0.2) is 5.76 Å². The minimum Gasteiger partial charge on any atom is -0.494 e. The summed E-state index contributed by atoms with van der Waals surface area (Å²) in [5.41, 5.74) is 2.98. The minimum absolute atomic E-state index is 0.261. The number of furan rings is 1. The highest BCUT2D eigenvalue weighted by Crippen LogP contribution is 2.19. The number of halogens is 1. The van der Waals surface area contributed by atoms with Crippen LogP contribution in [0.3, 0.4) is 0 Å². The Kier molecular flexibility index (Phi) is 8.30. The van der Waals surface area contributed by atoms with Crippen LogP contribution in [0.25, 0.3) is 0 Å². The molecule has 180 valence electrons. The van der Waals surface area contributed by atoms with E-state index in [0.29, 0.717) is 38.5 Å². The molecule has 3 aromatic carbocycles. The zero-order chi connectivity index (χ0) is 24.5. The van der Waals surface area contributed by atoms with Gasteiger partial charge in [0.25, 0.3) is 5.91 Å². The number of hydrogen-bond donors (Lipinski definition) is 1. The van der Waals surface area contributed by atoms with Crippen LogP contribution in [0.4, 0.5) is 4.39 Å². The molecular formula is C29H29FN2O3. The minimum atomic E-state index is -0.265. The molecule has 0 atom stereocenters. The number of nitrogens with one attached hydrogen (secondary N) is 1. The second kappa shape index (κ2) is 12.0. The molecule has 4 rings (SSSR count). The van der Waals surface area contributed by atoms with Gasteiger partial charge in [0.2, 0.25) is 0 Å². The Bertz CT molecular complexity index is 1220. The summed E-state index contributed by atoms with van der Waals surface area (Å²) in [6, 6.07) is 27.7. The van der Waals surface area contributed by atoms with E-state index in [1.165, 1.54) is 12.1 Å². The van der Waals surface area contributed by atoms with E-state index < -0.39 is 0 Å². The summed E-state index contributed by atoms with van der Waals surface area (Å²) in [5, 5.41) is 2.88. The summed E-state index contributed by atoms with van der Waals surface area (Å²) in [6.07, 6.45) is 0. The quantitative estimate of drug-likeness (QED) is 0.293. The van der Waals surface area contributed by atoms with Crippen molar-refractivity contribution in [3.63, 3.8) is 0 Å². The summed E-state index contributed by atoms with van der Waals surface area (Å²) in [6.45, 7) is 4.62. The Balaban J connectivity index is 1.44. The highest BCUT2D eigenvalue weighted by molar-refractivity contribution is 5.91. The third-order valence-corrected chi connectivity index (χ3v) is 5.50. The van der Waals surface area contributed by atoms with Crippen molar-refractivity contribution in [2.75, 3.05) is 6.61 Å². The number of amides is 1. The second-order valence-corrected chi connectivity index (χ2v) is 8.29. The van der Waals surface area contributed by atoms with Crippen LogP contribution in [-0.4, -0.2) is 17.4 Å². The van der Waals surface area contributed by atoms with E-state index in [9.17, 15) is 9.18 Å². The molecule has 0 aliphatic rings. The molecule has 0 aliphatic heterocycles. The monoisotopic (exact) mass is 472 g/mol. The van der Waals surface area contributed by atoms with Gasteiger partial charge in [-0.15, -0.1) is 0 Å². The topological polar surface area (TPSA) is 54.7 Å². The number of benzene rings is 3. The van der Waals surface area contributed by atoms with Crippen LogP contribution in [0.5, 0.6) is 5.75 Å². The lowest BCUT2D eigenvalue weighted by Crippen LogP contribution is -2.23. The summed E-state index contributed by atoms with van der Waals surface area (Å²) in [5.74, 6) is 1.23. The molecule has 1 amide bonds. The zero-order valence-corrected chi connectivity index (χ0v) is 19.7. The molecule has 6 heteroatoms. The first-order chi connectivity index (χ1) is 17.1. The van der Waals surface area contributed by atoms with E-state index in [2.05, 4.69) is 10.2 Å². The van der Waals surface area contributed by atoms with Crippen LogP contribution in [-0.2, 0) is 26.2 Å². The fourth-order valence-electron chi connectivity index (χ4n) is 3.85. The van der Waals surface area contributed by atoms with Gasteiger partial charge in [-0.2, -0.15) is 0 Å². The number of rotatable bonds is 11. The predicted molar refractivity (Wildman–Crippen MR) is 133 cm³/mol. The van der Waals surface area contributed by atoms with Crippen molar-refractivity contribution in [3.05, 3.63) is 125 Å². The second-order valence-electron chi connectivity index (χ2n) is 8.29. The first kappa shape index (κ1) is 24.2. The predicted octanol–water partition coefficient (Wildman–Crippen LogP) is 5.95. The summed E-state index contributed by atoms with van der Waals surface area (Å²) in [7, 11) is 0. The van der Waals surface area contributed by atoms with Gasteiger partial charge < -0.3 is 14.5 Å². The highest BCUT2D eigenvalue weighted by Gasteiger charge is 2.15. The van der Waals surface area contributed by atoms with Crippen molar-refractivity contribution in [3.8, 4) is 5.75 Å². The number of carbonyl (C=O) groups excluding carboxylic acids is 1. The Morgan fingerprint density at radius 2 is 1.60 bits per heavy atom. The summed E-state index contributed by atoms with van der Waals surface area (Å²) >= 11 is 0. The molecule has 0 saturated heterocycles. The summed E-state index contributed by atoms with van der Waals surface area (Å²) < 4.78 is 25.2. The van der Waals surface area contributed by atoms with Gasteiger partial charge >= 0.3 is 0 Å². The van der Waals surface area contributed by atoms with Crippen LogP contribution >= 0.6 is 0 Å². The molecular weight excluding hydrogens is 443 g/mol. The lowest BCUT2D eigenvalue weighted by Gasteiger charge is -2.22. The van der Waals surface area contributed by atoms with Crippen LogP contribution in [0.15, 0.2) is 95.4 Å². The average molecular weight is 473 g/mol. The molecule has 0 radical (unpaired) electrons. The first-order valence-corrected chi connectivity index (χ1v) is 11.7. The molecule has 0 aliphatic carbocycles. The number of hydrogen-bond acceptors (Lipinski definition) is 4. The van der Waals surface area contributed by atoms with E-state index in [1.54, 1.807) is 12.1 Å².